The molecule has 4 nitrogen and oxygen atoms in total. The molecular weight excluding hydrogens is 288 g/mol. The summed E-state index contributed by atoms with van der Waals surface area (Å²) in [5, 5.41) is 5.86. The van der Waals surface area contributed by atoms with Crippen LogP contribution >= 0.6 is 9.24 Å². The van der Waals surface area contributed by atoms with Crippen LogP contribution in [0, 0.1) is 0 Å². The van der Waals surface area contributed by atoms with Crippen molar-refractivity contribution in [3.63, 3.8) is 0 Å². The third-order valence-electron chi connectivity index (χ3n) is 2.10. The summed E-state index contributed by atoms with van der Waals surface area (Å²) in [6.07, 6.45) is 5.59. The molecule has 0 radical (unpaired) electrons. The molecule has 0 spiro atoms. The van der Waals surface area contributed by atoms with Crippen molar-refractivity contribution >= 4 is 21.3 Å². The SMILES string of the molecule is CC/C=N\N(C)c1ccc(COC(C)(F)P)cn1.CCC. The van der Waals surface area contributed by atoms with Crippen molar-refractivity contribution in [2.75, 3.05) is 12.1 Å². The lowest BCUT2D eigenvalue weighted by molar-refractivity contribution is -0.0667. The maximum Gasteiger partial charge on any atom is 0.218 e. The Hall–Kier alpha value is -1.06. The Balaban J connectivity index is 0.00000122. The number of nitrogens with zero attached hydrogens (tertiary/aromatic N) is 3. The Labute approximate surface area is 130 Å². The van der Waals surface area contributed by atoms with Gasteiger partial charge in [0.2, 0.25) is 5.60 Å². The predicted molar refractivity (Wildman–Crippen MR) is 91.4 cm³/mol. The third kappa shape index (κ3) is 10.3. The van der Waals surface area contributed by atoms with Gasteiger partial charge in [-0.2, -0.15) is 5.10 Å². The average Bonchev–Trinajstić information content (AvgIpc) is 2.43. The Kier molecular flexibility index (Phi) is 10.1. The van der Waals surface area contributed by atoms with Crippen LogP contribution in [0.2, 0.25) is 0 Å². The molecular formula is C15H27FN3OP. The van der Waals surface area contributed by atoms with E-state index in [4.69, 9.17) is 4.74 Å². The minimum absolute atomic E-state index is 0.186. The number of pyridine rings is 1. The van der Waals surface area contributed by atoms with Gasteiger partial charge in [-0.1, -0.05) is 42.5 Å². The van der Waals surface area contributed by atoms with E-state index in [1.807, 2.05) is 41.6 Å². The summed E-state index contributed by atoms with van der Waals surface area (Å²) >= 11 is 0. The zero-order valence-electron chi connectivity index (χ0n) is 13.6. The number of hydrogen-bond donors (Lipinski definition) is 0. The summed E-state index contributed by atoms with van der Waals surface area (Å²) < 4.78 is 18.1. The van der Waals surface area contributed by atoms with E-state index < -0.39 is 5.60 Å². The van der Waals surface area contributed by atoms with Crippen molar-refractivity contribution in [2.45, 2.75) is 52.7 Å². The van der Waals surface area contributed by atoms with Crippen LogP contribution in [0.1, 0.15) is 46.1 Å². The molecule has 120 valence electrons. The van der Waals surface area contributed by atoms with Crippen LogP contribution in [0.5, 0.6) is 0 Å². The average molecular weight is 315 g/mol. The molecule has 0 aliphatic heterocycles. The van der Waals surface area contributed by atoms with Crippen molar-refractivity contribution in [1.82, 2.24) is 4.98 Å². The molecule has 1 aromatic heterocycles. The van der Waals surface area contributed by atoms with Gasteiger partial charge in [-0.15, -0.1) is 0 Å². The quantitative estimate of drug-likeness (QED) is 0.444. The van der Waals surface area contributed by atoms with Gasteiger partial charge in [-0.3, -0.25) is 5.01 Å². The normalized spacial score (nSPS) is 13.5. The highest BCUT2D eigenvalue weighted by Gasteiger charge is 2.15. The van der Waals surface area contributed by atoms with Gasteiger partial charge in [0.25, 0.3) is 0 Å². The van der Waals surface area contributed by atoms with Gasteiger partial charge >= 0.3 is 0 Å². The standard InChI is InChI=1S/C12H19FN3OP.C3H8/c1-4-7-15-16(3)11-6-5-10(8-14-11)9-17-12(2,13)18;1-3-2/h5-8H,4,9,18H2,1-3H3;3H2,1-2H3/b15-7-;. The first-order chi connectivity index (χ1) is 9.84. The molecule has 0 aliphatic rings. The van der Waals surface area contributed by atoms with E-state index in [-0.39, 0.29) is 6.61 Å². The molecule has 0 aliphatic carbocycles. The number of anilines is 1. The summed E-state index contributed by atoms with van der Waals surface area (Å²) in [4.78, 5) is 4.24. The largest absolute Gasteiger partial charge is 0.338 e. The predicted octanol–water partition coefficient (Wildman–Crippen LogP) is 4.36. The number of hydrogen-bond acceptors (Lipinski definition) is 4. The van der Waals surface area contributed by atoms with E-state index >= 15 is 0 Å². The first kappa shape index (κ1) is 19.9. The highest BCUT2D eigenvalue weighted by atomic mass is 31.0. The molecule has 1 heterocycles. The summed E-state index contributed by atoms with van der Waals surface area (Å²) in [7, 11) is 3.82. The summed E-state index contributed by atoms with van der Waals surface area (Å²) in [6, 6.07) is 3.67. The zero-order valence-corrected chi connectivity index (χ0v) is 14.8. The highest BCUT2D eigenvalue weighted by Crippen LogP contribution is 2.22. The van der Waals surface area contributed by atoms with Gasteiger partial charge in [0.1, 0.15) is 5.82 Å². The number of rotatable bonds is 6. The Morgan fingerprint density at radius 2 is 2.05 bits per heavy atom. The molecule has 0 N–H and O–H groups in total. The van der Waals surface area contributed by atoms with E-state index in [1.54, 1.807) is 11.2 Å². The van der Waals surface area contributed by atoms with E-state index in [1.165, 1.54) is 13.3 Å². The molecule has 2 atom stereocenters. The Bertz CT molecular complexity index is 404. The first-order valence-corrected chi connectivity index (χ1v) is 7.74. The summed E-state index contributed by atoms with van der Waals surface area (Å²) in [6.45, 7) is 7.79. The fourth-order valence-electron chi connectivity index (χ4n) is 1.18. The molecule has 0 bridgehead atoms. The molecule has 1 rings (SSSR count). The van der Waals surface area contributed by atoms with Crippen molar-refractivity contribution < 1.29 is 9.13 Å². The minimum Gasteiger partial charge on any atom is -0.338 e. The molecule has 2 unspecified atom stereocenters. The van der Waals surface area contributed by atoms with Crippen molar-refractivity contribution in [2.24, 2.45) is 5.10 Å². The number of ether oxygens (including phenoxy) is 1. The molecule has 6 heteroatoms. The van der Waals surface area contributed by atoms with Crippen molar-refractivity contribution in [3.05, 3.63) is 23.9 Å². The Morgan fingerprint density at radius 1 is 1.43 bits per heavy atom. The monoisotopic (exact) mass is 315 g/mol. The number of alkyl halides is 1. The van der Waals surface area contributed by atoms with Gasteiger partial charge in [-0.05, 0) is 25.0 Å². The van der Waals surface area contributed by atoms with E-state index in [0.717, 1.165) is 17.8 Å². The second-order valence-electron chi connectivity index (χ2n) is 4.74. The van der Waals surface area contributed by atoms with Crippen molar-refractivity contribution in [3.8, 4) is 0 Å². The highest BCUT2D eigenvalue weighted by molar-refractivity contribution is 7.18. The molecule has 0 saturated carbocycles. The number of aromatic nitrogens is 1. The summed E-state index contributed by atoms with van der Waals surface area (Å²) in [5.41, 5.74) is -0.890. The van der Waals surface area contributed by atoms with E-state index in [0.29, 0.717) is 0 Å². The van der Waals surface area contributed by atoms with Crippen LogP contribution in [-0.4, -0.2) is 23.8 Å². The topological polar surface area (TPSA) is 37.7 Å². The molecule has 0 saturated heterocycles. The second-order valence-corrected chi connectivity index (χ2v) is 5.77. The minimum atomic E-state index is -1.71. The van der Waals surface area contributed by atoms with Gasteiger partial charge in [0, 0.05) is 19.5 Å². The van der Waals surface area contributed by atoms with Crippen LogP contribution < -0.4 is 5.01 Å². The van der Waals surface area contributed by atoms with Gasteiger partial charge in [0.15, 0.2) is 0 Å². The Morgan fingerprint density at radius 3 is 2.48 bits per heavy atom. The van der Waals surface area contributed by atoms with Crippen LogP contribution in [0.4, 0.5) is 10.2 Å². The van der Waals surface area contributed by atoms with Crippen LogP contribution in [0.25, 0.3) is 0 Å². The van der Waals surface area contributed by atoms with Gasteiger partial charge in [-0.25, -0.2) is 9.37 Å². The first-order valence-electron chi connectivity index (χ1n) is 7.16. The lowest BCUT2D eigenvalue weighted by atomic mass is 10.3. The van der Waals surface area contributed by atoms with Crippen LogP contribution in [0.15, 0.2) is 23.4 Å². The maximum atomic E-state index is 13.1. The van der Waals surface area contributed by atoms with Crippen LogP contribution in [0.3, 0.4) is 0 Å². The van der Waals surface area contributed by atoms with Gasteiger partial charge < -0.3 is 4.74 Å². The smallest absolute Gasteiger partial charge is 0.218 e. The number of hydrazone groups is 1. The zero-order chi connectivity index (χ0) is 16.3. The molecule has 21 heavy (non-hydrogen) atoms. The lowest BCUT2D eigenvalue weighted by Crippen LogP contribution is -2.13. The second kappa shape index (κ2) is 10.6. The fraction of sp³-hybridized carbons (Fsp3) is 0.600. The molecule has 0 amide bonds. The summed E-state index contributed by atoms with van der Waals surface area (Å²) in [5.74, 6) is 0.734. The third-order valence-corrected chi connectivity index (χ3v) is 2.27. The molecule has 0 aromatic carbocycles. The lowest BCUT2D eigenvalue weighted by Gasteiger charge is -2.15. The van der Waals surface area contributed by atoms with Gasteiger partial charge in [0.05, 0.1) is 6.61 Å². The fourth-order valence-corrected chi connectivity index (χ4v) is 1.26. The molecule has 0 fully saturated rings. The van der Waals surface area contributed by atoms with E-state index in [2.05, 4.69) is 23.9 Å². The van der Waals surface area contributed by atoms with E-state index in [9.17, 15) is 4.39 Å². The maximum absolute atomic E-state index is 13.1. The van der Waals surface area contributed by atoms with Crippen molar-refractivity contribution in [1.29, 1.82) is 0 Å². The molecule has 1 aromatic rings. The number of halogens is 1. The van der Waals surface area contributed by atoms with Crippen LogP contribution in [-0.2, 0) is 11.3 Å².